The fourth-order valence-electron chi connectivity index (χ4n) is 3.34. The van der Waals surface area contributed by atoms with Crippen molar-refractivity contribution in [1.82, 2.24) is 10.3 Å². The first-order valence-corrected chi connectivity index (χ1v) is 9.45. The molecule has 2 atom stereocenters. The molecule has 1 heterocycles. The Bertz CT molecular complexity index is 867. The maximum atomic E-state index is 12.8. The van der Waals surface area contributed by atoms with Crippen LogP contribution < -0.4 is 5.32 Å². The van der Waals surface area contributed by atoms with Crippen LogP contribution in [0.5, 0.6) is 0 Å². The molecule has 2 unspecified atom stereocenters. The van der Waals surface area contributed by atoms with Gasteiger partial charge in [-0.1, -0.05) is 54.6 Å². The molecule has 1 aliphatic carbocycles. The Balaban J connectivity index is 1.52. The van der Waals surface area contributed by atoms with E-state index in [9.17, 15) is 4.79 Å². The fraction of sp³-hybridized carbons (Fsp3) is 0.238. The van der Waals surface area contributed by atoms with Gasteiger partial charge in [-0.3, -0.25) is 4.79 Å². The number of fused-ring (bicyclic) bond motifs is 1. The normalized spacial score (nSPS) is 19.8. The first kappa shape index (κ1) is 16.0. The minimum atomic E-state index is -0.0470. The van der Waals surface area contributed by atoms with E-state index in [2.05, 4.69) is 23.5 Å². The minimum Gasteiger partial charge on any atom is -0.352 e. The molecular weight excluding hydrogens is 328 g/mol. The number of rotatable bonds is 4. The van der Waals surface area contributed by atoms with Crippen LogP contribution in [0.25, 0.3) is 10.2 Å². The Labute approximate surface area is 151 Å². The van der Waals surface area contributed by atoms with Gasteiger partial charge >= 0.3 is 0 Å². The molecule has 126 valence electrons. The van der Waals surface area contributed by atoms with Gasteiger partial charge in [0.1, 0.15) is 0 Å². The molecule has 1 aromatic heterocycles. The van der Waals surface area contributed by atoms with Crippen LogP contribution in [0.4, 0.5) is 0 Å². The molecule has 1 amide bonds. The number of benzene rings is 2. The number of amides is 1. The zero-order chi connectivity index (χ0) is 17.1. The molecule has 3 aromatic rings. The average Bonchev–Trinajstić information content (AvgIpc) is 3.11. The van der Waals surface area contributed by atoms with Crippen molar-refractivity contribution in [3.05, 3.63) is 77.3 Å². The standard InChI is InChI=1S/C21H20N2OS/c24-20(22-14-15-8-2-1-3-9-15)16-10-4-5-11-17(16)21-23-18-12-6-7-13-19(18)25-21/h1-9,12-13,16-17H,10-11,14H2,(H,22,24). The van der Waals surface area contributed by atoms with Crippen LogP contribution >= 0.6 is 11.3 Å². The molecule has 4 heteroatoms. The number of thiazole rings is 1. The van der Waals surface area contributed by atoms with E-state index in [4.69, 9.17) is 4.98 Å². The topological polar surface area (TPSA) is 42.0 Å². The van der Waals surface area contributed by atoms with Crippen molar-refractivity contribution in [2.75, 3.05) is 0 Å². The summed E-state index contributed by atoms with van der Waals surface area (Å²) < 4.78 is 1.19. The molecule has 0 spiro atoms. The highest BCUT2D eigenvalue weighted by Gasteiger charge is 2.32. The van der Waals surface area contributed by atoms with Gasteiger partial charge in [-0.15, -0.1) is 11.3 Å². The molecule has 0 bridgehead atoms. The highest BCUT2D eigenvalue weighted by Crippen LogP contribution is 2.38. The van der Waals surface area contributed by atoms with Crippen LogP contribution in [0.2, 0.25) is 0 Å². The summed E-state index contributed by atoms with van der Waals surface area (Å²) in [6.45, 7) is 0.576. The van der Waals surface area contributed by atoms with Gasteiger partial charge in [0.25, 0.3) is 0 Å². The third kappa shape index (κ3) is 3.49. The van der Waals surface area contributed by atoms with E-state index in [0.29, 0.717) is 6.54 Å². The van der Waals surface area contributed by atoms with Gasteiger partial charge in [0.05, 0.1) is 21.1 Å². The van der Waals surface area contributed by atoms with Crippen LogP contribution in [-0.2, 0) is 11.3 Å². The summed E-state index contributed by atoms with van der Waals surface area (Å²) in [5, 5.41) is 4.18. The van der Waals surface area contributed by atoms with Crippen molar-refractivity contribution >= 4 is 27.5 Å². The highest BCUT2D eigenvalue weighted by atomic mass is 32.1. The molecule has 1 N–H and O–H groups in total. The number of carbonyl (C=O) groups is 1. The number of aromatic nitrogens is 1. The SMILES string of the molecule is O=C(NCc1ccccc1)C1CC=CCC1c1nc2ccccc2s1. The van der Waals surface area contributed by atoms with Gasteiger partial charge in [-0.25, -0.2) is 4.98 Å². The molecule has 0 fully saturated rings. The predicted molar refractivity (Wildman–Crippen MR) is 103 cm³/mol. The summed E-state index contributed by atoms with van der Waals surface area (Å²) in [5.74, 6) is 0.241. The maximum absolute atomic E-state index is 12.8. The summed E-state index contributed by atoms with van der Waals surface area (Å²) in [5.41, 5.74) is 2.15. The van der Waals surface area contributed by atoms with Crippen molar-refractivity contribution in [3.8, 4) is 0 Å². The molecule has 0 radical (unpaired) electrons. The van der Waals surface area contributed by atoms with E-state index in [1.54, 1.807) is 11.3 Å². The second-order valence-corrected chi connectivity index (χ2v) is 7.44. The molecule has 3 nitrogen and oxygen atoms in total. The van der Waals surface area contributed by atoms with E-state index in [0.717, 1.165) is 28.9 Å². The Hall–Kier alpha value is -2.46. The summed E-state index contributed by atoms with van der Waals surface area (Å²) in [4.78, 5) is 17.6. The smallest absolute Gasteiger partial charge is 0.224 e. The minimum absolute atomic E-state index is 0.0470. The molecular formula is C21H20N2OS. The van der Waals surface area contributed by atoms with Gasteiger partial charge < -0.3 is 5.32 Å². The van der Waals surface area contributed by atoms with Crippen LogP contribution in [0.15, 0.2) is 66.7 Å². The Morgan fingerprint density at radius 1 is 1.04 bits per heavy atom. The number of nitrogens with one attached hydrogen (secondary N) is 1. The number of hydrogen-bond donors (Lipinski definition) is 1. The van der Waals surface area contributed by atoms with Crippen molar-refractivity contribution in [2.45, 2.75) is 25.3 Å². The summed E-state index contributed by atoms with van der Waals surface area (Å²) >= 11 is 1.71. The van der Waals surface area contributed by atoms with Gasteiger partial charge in [-0.2, -0.15) is 0 Å². The largest absolute Gasteiger partial charge is 0.352 e. The summed E-state index contributed by atoms with van der Waals surface area (Å²) in [6, 6.07) is 18.2. The van der Waals surface area contributed by atoms with Gasteiger partial charge in [0.15, 0.2) is 0 Å². The van der Waals surface area contributed by atoms with Gasteiger partial charge in [-0.05, 0) is 30.5 Å². The molecule has 0 saturated heterocycles. The van der Waals surface area contributed by atoms with Crippen molar-refractivity contribution in [2.24, 2.45) is 5.92 Å². The van der Waals surface area contributed by atoms with Gasteiger partial charge in [0.2, 0.25) is 5.91 Å². The van der Waals surface area contributed by atoms with E-state index in [-0.39, 0.29) is 17.7 Å². The molecule has 4 rings (SSSR count). The van der Waals surface area contributed by atoms with Crippen LogP contribution in [0.1, 0.15) is 29.3 Å². The summed E-state index contributed by atoms with van der Waals surface area (Å²) in [7, 11) is 0. The van der Waals surface area contributed by atoms with Crippen LogP contribution in [0.3, 0.4) is 0 Å². The molecule has 1 aliphatic rings. The molecule has 0 aliphatic heterocycles. The second kappa shape index (κ2) is 7.19. The number of allylic oxidation sites excluding steroid dienone is 2. The monoisotopic (exact) mass is 348 g/mol. The van der Waals surface area contributed by atoms with Crippen LogP contribution in [-0.4, -0.2) is 10.9 Å². The Morgan fingerprint density at radius 3 is 2.64 bits per heavy atom. The van der Waals surface area contributed by atoms with Crippen LogP contribution in [0, 0.1) is 5.92 Å². The third-order valence-electron chi connectivity index (χ3n) is 4.71. The number of para-hydroxylation sites is 1. The predicted octanol–water partition coefficient (Wildman–Crippen LogP) is 4.66. The Kier molecular flexibility index (Phi) is 4.61. The van der Waals surface area contributed by atoms with Gasteiger partial charge in [0, 0.05) is 12.5 Å². The lowest BCUT2D eigenvalue weighted by Crippen LogP contribution is -2.34. The maximum Gasteiger partial charge on any atom is 0.224 e. The number of carbonyl (C=O) groups excluding carboxylic acids is 1. The first-order chi connectivity index (χ1) is 12.3. The average molecular weight is 348 g/mol. The number of hydrogen-bond acceptors (Lipinski definition) is 3. The lowest BCUT2D eigenvalue weighted by Gasteiger charge is -2.26. The van der Waals surface area contributed by atoms with Crippen molar-refractivity contribution in [3.63, 3.8) is 0 Å². The lowest BCUT2D eigenvalue weighted by molar-refractivity contribution is -0.125. The second-order valence-electron chi connectivity index (χ2n) is 6.38. The molecule has 25 heavy (non-hydrogen) atoms. The number of nitrogens with zero attached hydrogens (tertiary/aromatic N) is 1. The van der Waals surface area contributed by atoms with Crippen molar-refractivity contribution in [1.29, 1.82) is 0 Å². The first-order valence-electron chi connectivity index (χ1n) is 8.63. The van der Waals surface area contributed by atoms with E-state index >= 15 is 0 Å². The van der Waals surface area contributed by atoms with E-state index < -0.39 is 0 Å². The third-order valence-corrected chi connectivity index (χ3v) is 5.87. The molecule has 0 saturated carbocycles. The zero-order valence-electron chi connectivity index (χ0n) is 13.9. The quantitative estimate of drug-likeness (QED) is 0.697. The highest BCUT2D eigenvalue weighted by molar-refractivity contribution is 7.18. The van der Waals surface area contributed by atoms with E-state index in [1.807, 2.05) is 48.5 Å². The van der Waals surface area contributed by atoms with Crippen molar-refractivity contribution < 1.29 is 4.79 Å². The summed E-state index contributed by atoms with van der Waals surface area (Å²) in [6.07, 6.45) is 5.96. The zero-order valence-corrected chi connectivity index (χ0v) is 14.7. The Morgan fingerprint density at radius 2 is 1.80 bits per heavy atom. The van der Waals surface area contributed by atoms with E-state index in [1.165, 1.54) is 4.70 Å². The lowest BCUT2D eigenvalue weighted by atomic mass is 9.82. The molecule has 2 aromatic carbocycles. The fourth-order valence-corrected chi connectivity index (χ4v) is 4.49.